The molecule has 0 aromatic heterocycles. The lowest BCUT2D eigenvalue weighted by atomic mass is 9.85. The molecule has 5 atom stereocenters. The van der Waals surface area contributed by atoms with Crippen molar-refractivity contribution in [2.24, 2.45) is 16.6 Å². The van der Waals surface area contributed by atoms with E-state index in [0.717, 1.165) is 5.56 Å². The molecule has 2 fully saturated rings. The summed E-state index contributed by atoms with van der Waals surface area (Å²) in [6, 6.07) is 11.7. The molecule has 3 aliphatic rings. The highest BCUT2D eigenvalue weighted by Gasteiger charge is 3.03. The van der Waals surface area contributed by atoms with Crippen molar-refractivity contribution in [1.29, 1.82) is 10.5 Å². The molecule has 6 nitrogen and oxygen atoms in total. The zero-order valence-corrected chi connectivity index (χ0v) is 14.0. The zero-order valence-electron chi connectivity index (χ0n) is 13.3. The van der Waals surface area contributed by atoms with Crippen LogP contribution in [0.3, 0.4) is 0 Å². The van der Waals surface area contributed by atoms with E-state index in [9.17, 15) is 10.5 Å². The summed E-state index contributed by atoms with van der Waals surface area (Å²) >= 11 is 5.99. The highest BCUT2D eigenvalue weighted by atomic mass is 35.5. The van der Waals surface area contributed by atoms with Crippen LogP contribution in [0.25, 0.3) is 0 Å². The predicted octanol–water partition coefficient (Wildman–Crippen LogP) is 0.172. The van der Waals surface area contributed by atoms with E-state index in [1.165, 1.54) is 0 Å². The van der Waals surface area contributed by atoms with Gasteiger partial charge in [0.15, 0.2) is 10.8 Å². The average Bonchev–Trinajstić information content (AvgIpc) is 2.75. The van der Waals surface area contributed by atoms with Crippen molar-refractivity contribution in [3.05, 3.63) is 34.9 Å². The quantitative estimate of drug-likeness (QED) is 0.756. The number of hydrogen-bond acceptors (Lipinski definition) is 5. The minimum absolute atomic E-state index is 0.207. The fraction of sp³-hybridized carbons (Fsp3) is 0.471. The maximum atomic E-state index is 10.1. The van der Waals surface area contributed by atoms with E-state index >= 15 is 0 Å². The SMILES string of the molecule is C[C@@H]1CO[C@]2([NH+]=C(N)[C@@]3(C#N)[C@](C)(c4ccc(Cl)cc4)[C@@]23C#N)O1. The van der Waals surface area contributed by atoms with E-state index in [2.05, 4.69) is 17.1 Å². The highest BCUT2D eigenvalue weighted by Crippen LogP contribution is 2.82. The Hall–Kier alpha value is -2.12. The molecule has 1 saturated heterocycles. The third-order valence-corrected chi connectivity index (χ3v) is 6.09. The molecular weight excluding hydrogens is 328 g/mol. The van der Waals surface area contributed by atoms with E-state index in [4.69, 9.17) is 26.8 Å². The Balaban J connectivity index is 1.98. The number of nitrogens with one attached hydrogen (secondary N) is 1. The van der Waals surface area contributed by atoms with Gasteiger partial charge in [-0.15, -0.1) is 0 Å². The number of benzene rings is 1. The molecule has 0 amide bonds. The molecular formula is C17H16ClN4O2+. The third-order valence-electron chi connectivity index (χ3n) is 5.84. The summed E-state index contributed by atoms with van der Waals surface area (Å²) in [4.78, 5) is 2.96. The number of hydrogen-bond donors (Lipinski definition) is 2. The fourth-order valence-electron chi connectivity index (χ4n) is 4.72. The molecule has 1 aromatic rings. The lowest BCUT2D eigenvalue weighted by molar-refractivity contribution is -0.679. The lowest BCUT2D eigenvalue weighted by Gasteiger charge is -2.27. The van der Waals surface area contributed by atoms with Crippen molar-refractivity contribution >= 4 is 17.4 Å². The van der Waals surface area contributed by atoms with Gasteiger partial charge in [-0.05, 0) is 24.6 Å². The predicted molar refractivity (Wildman–Crippen MR) is 84.3 cm³/mol. The Labute approximate surface area is 144 Å². The second-order valence-electron chi connectivity index (χ2n) is 6.75. The van der Waals surface area contributed by atoms with Crippen LogP contribution in [0.5, 0.6) is 0 Å². The molecule has 1 saturated carbocycles. The number of rotatable bonds is 1. The number of nitriles is 2. The molecule has 4 rings (SSSR count). The molecule has 122 valence electrons. The first-order valence-corrected chi connectivity index (χ1v) is 8.04. The molecule has 1 aromatic carbocycles. The van der Waals surface area contributed by atoms with Crippen LogP contribution in [0.4, 0.5) is 0 Å². The maximum absolute atomic E-state index is 10.1. The number of amidine groups is 1. The maximum Gasteiger partial charge on any atom is 0.344 e. The van der Waals surface area contributed by atoms with Crippen molar-refractivity contribution < 1.29 is 14.5 Å². The van der Waals surface area contributed by atoms with Crippen LogP contribution in [0.15, 0.2) is 24.3 Å². The summed E-state index contributed by atoms with van der Waals surface area (Å²) in [7, 11) is 0. The van der Waals surface area contributed by atoms with Crippen LogP contribution < -0.4 is 10.7 Å². The van der Waals surface area contributed by atoms with E-state index in [1.54, 1.807) is 12.1 Å². The van der Waals surface area contributed by atoms with Crippen molar-refractivity contribution in [1.82, 2.24) is 0 Å². The number of ether oxygens (including phenoxy) is 2. The smallest absolute Gasteiger partial charge is 0.311 e. The molecule has 1 aliphatic carbocycles. The van der Waals surface area contributed by atoms with E-state index in [1.807, 2.05) is 26.0 Å². The van der Waals surface area contributed by atoms with Gasteiger partial charge in [0.05, 0.1) is 30.3 Å². The number of nitrogens with two attached hydrogens (primary N) is 1. The van der Waals surface area contributed by atoms with Gasteiger partial charge in [-0.3, -0.25) is 5.73 Å². The minimum atomic E-state index is -1.42. The zero-order chi connectivity index (χ0) is 17.4. The molecule has 0 radical (unpaired) electrons. The summed E-state index contributed by atoms with van der Waals surface area (Å²) < 4.78 is 11.8. The second kappa shape index (κ2) is 4.29. The highest BCUT2D eigenvalue weighted by molar-refractivity contribution is 6.30. The first-order valence-electron chi connectivity index (χ1n) is 7.66. The number of nitrogens with zero attached hydrogens (tertiary/aromatic N) is 2. The van der Waals surface area contributed by atoms with Gasteiger partial charge in [0, 0.05) is 5.02 Å². The Morgan fingerprint density at radius 3 is 2.46 bits per heavy atom. The first kappa shape index (κ1) is 15.4. The largest absolute Gasteiger partial charge is 0.344 e. The van der Waals surface area contributed by atoms with Gasteiger partial charge in [0.2, 0.25) is 0 Å². The fourth-order valence-corrected chi connectivity index (χ4v) is 4.85. The van der Waals surface area contributed by atoms with Crippen molar-refractivity contribution in [3.63, 3.8) is 0 Å². The Morgan fingerprint density at radius 1 is 1.29 bits per heavy atom. The van der Waals surface area contributed by atoms with Crippen LogP contribution in [-0.2, 0) is 14.9 Å². The minimum Gasteiger partial charge on any atom is -0.311 e. The van der Waals surface area contributed by atoms with E-state index < -0.39 is 22.2 Å². The van der Waals surface area contributed by atoms with E-state index in [0.29, 0.717) is 11.6 Å². The molecule has 2 aliphatic heterocycles. The summed E-state index contributed by atoms with van der Waals surface area (Å²) in [5.41, 5.74) is 3.60. The molecule has 0 bridgehead atoms. The summed E-state index contributed by atoms with van der Waals surface area (Å²) in [5.74, 6) is -1.21. The Morgan fingerprint density at radius 2 is 1.96 bits per heavy atom. The van der Waals surface area contributed by atoms with Crippen LogP contribution in [0, 0.1) is 33.5 Å². The van der Waals surface area contributed by atoms with Gasteiger partial charge in [0.25, 0.3) is 5.84 Å². The topological polar surface area (TPSA) is 106 Å². The standard InChI is InChI=1S/C17H15ClN4O2/c1-10-7-23-17(24-10)16(9-20)14(2,11-3-5-12(18)6-4-11)15(16,8-19)13(21)22-17/h3-6,10H,7H2,1-2H3,(H2,21,22)/p+1/t10-,14+,15+,16-,17+/m1/s1. The van der Waals surface area contributed by atoms with Gasteiger partial charge in [0.1, 0.15) is 0 Å². The second-order valence-corrected chi connectivity index (χ2v) is 7.19. The summed E-state index contributed by atoms with van der Waals surface area (Å²) in [5, 5.41) is 20.7. The number of halogens is 1. The monoisotopic (exact) mass is 343 g/mol. The first-order chi connectivity index (χ1) is 11.3. The lowest BCUT2D eigenvalue weighted by Crippen LogP contribution is -2.90. The summed E-state index contributed by atoms with van der Waals surface area (Å²) in [6.07, 6.45) is -0.208. The molecule has 7 heteroatoms. The van der Waals surface area contributed by atoms with Gasteiger partial charge < -0.3 is 9.47 Å². The van der Waals surface area contributed by atoms with Crippen LogP contribution in [0.2, 0.25) is 5.02 Å². The van der Waals surface area contributed by atoms with Gasteiger partial charge in [-0.1, -0.05) is 30.7 Å². The Kier molecular flexibility index (Phi) is 2.75. The summed E-state index contributed by atoms with van der Waals surface area (Å²) in [6.45, 7) is 4.03. The van der Waals surface area contributed by atoms with Gasteiger partial charge in [-0.2, -0.15) is 10.5 Å². The van der Waals surface area contributed by atoms with Crippen LogP contribution in [-0.4, -0.2) is 24.5 Å². The van der Waals surface area contributed by atoms with Gasteiger partial charge in [-0.25, -0.2) is 4.99 Å². The average molecular weight is 344 g/mol. The third kappa shape index (κ3) is 1.23. The normalized spacial score (nSPS) is 45.4. The molecule has 0 unspecified atom stereocenters. The van der Waals surface area contributed by atoms with Crippen LogP contribution in [0.1, 0.15) is 19.4 Å². The van der Waals surface area contributed by atoms with Crippen molar-refractivity contribution in [3.8, 4) is 12.1 Å². The molecule has 1 spiro atoms. The van der Waals surface area contributed by atoms with Gasteiger partial charge >= 0.3 is 5.91 Å². The Bertz CT molecular complexity index is 857. The number of fused-ring (bicyclic) bond motifs is 2. The molecule has 3 N–H and O–H groups in total. The van der Waals surface area contributed by atoms with Crippen molar-refractivity contribution in [2.75, 3.05) is 6.61 Å². The van der Waals surface area contributed by atoms with Crippen LogP contribution >= 0.6 is 11.6 Å². The van der Waals surface area contributed by atoms with E-state index in [-0.39, 0.29) is 11.9 Å². The molecule has 2 heterocycles. The van der Waals surface area contributed by atoms with Crippen molar-refractivity contribution in [2.45, 2.75) is 31.3 Å². The molecule has 24 heavy (non-hydrogen) atoms.